The summed E-state index contributed by atoms with van der Waals surface area (Å²) in [5, 5.41) is 3.27. The van der Waals surface area contributed by atoms with Crippen LogP contribution in [0.1, 0.15) is 34.5 Å². The van der Waals surface area contributed by atoms with Crippen LogP contribution in [0.2, 0.25) is 5.02 Å². The van der Waals surface area contributed by atoms with Gasteiger partial charge in [0, 0.05) is 22.0 Å². The number of amides is 1. The van der Waals surface area contributed by atoms with Crippen molar-refractivity contribution in [1.29, 1.82) is 0 Å². The van der Waals surface area contributed by atoms with E-state index in [1.54, 1.807) is 79.7 Å². The predicted molar refractivity (Wildman–Crippen MR) is 123 cm³/mol. The predicted octanol–water partition coefficient (Wildman–Crippen LogP) is 5.31. The lowest BCUT2D eigenvalue weighted by Crippen LogP contribution is -2.26. The molecular formula is C24H22ClNO4S. The molecule has 5 nitrogen and oxygen atoms in total. The van der Waals surface area contributed by atoms with Crippen LogP contribution in [-0.2, 0) is 20.3 Å². The minimum absolute atomic E-state index is 0.176. The fourth-order valence-corrected chi connectivity index (χ4v) is 4.06. The van der Waals surface area contributed by atoms with Gasteiger partial charge in [-0.15, -0.1) is 0 Å². The summed E-state index contributed by atoms with van der Waals surface area (Å²) in [5.41, 5.74) is 2.06. The molecule has 2 atom stereocenters. The number of hydrogen-bond acceptors (Lipinski definition) is 4. The van der Waals surface area contributed by atoms with Gasteiger partial charge in [0.1, 0.15) is 0 Å². The molecule has 0 saturated heterocycles. The molecule has 3 aromatic rings. The lowest BCUT2D eigenvalue weighted by atomic mass is 10.1. The van der Waals surface area contributed by atoms with Gasteiger partial charge < -0.3 is 10.1 Å². The highest BCUT2D eigenvalue weighted by Gasteiger charge is 2.27. The molecule has 0 aliphatic carbocycles. The number of rotatable bonds is 7. The zero-order chi connectivity index (χ0) is 22.4. The summed E-state index contributed by atoms with van der Waals surface area (Å²) in [5.74, 6) is -0.877. The molecule has 0 saturated carbocycles. The van der Waals surface area contributed by atoms with Crippen LogP contribution < -0.4 is 5.32 Å². The zero-order valence-corrected chi connectivity index (χ0v) is 18.7. The van der Waals surface area contributed by atoms with Crippen molar-refractivity contribution < 1.29 is 18.5 Å². The Bertz CT molecular complexity index is 1120. The molecule has 31 heavy (non-hydrogen) atoms. The average Bonchev–Trinajstić information content (AvgIpc) is 2.79. The second-order valence-electron chi connectivity index (χ2n) is 6.78. The van der Waals surface area contributed by atoms with Crippen LogP contribution in [0.5, 0.6) is 0 Å². The Morgan fingerprint density at radius 3 is 2.39 bits per heavy atom. The molecular weight excluding hydrogens is 434 g/mol. The molecule has 0 bridgehead atoms. The van der Waals surface area contributed by atoms with E-state index >= 15 is 0 Å². The van der Waals surface area contributed by atoms with E-state index in [2.05, 4.69) is 5.32 Å². The summed E-state index contributed by atoms with van der Waals surface area (Å²) in [6, 6.07) is 20.4. The first-order valence-corrected chi connectivity index (χ1v) is 11.4. The molecule has 0 heterocycles. The third kappa shape index (κ3) is 5.60. The molecule has 0 aliphatic rings. The maximum Gasteiger partial charge on any atom is 0.340 e. The number of ether oxygens (including phenoxy) is 1. The number of nitrogens with one attached hydrogen (secondary N) is 1. The van der Waals surface area contributed by atoms with Gasteiger partial charge in [-0.1, -0.05) is 67.1 Å². The van der Waals surface area contributed by atoms with Gasteiger partial charge in [0.25, 0.3) is 5.91 Å². The minimum Gasteiger partial charge on any atom is -0.444 e. The quantitative estimate of drug-likeness (QED) is 0.490. The molecule has 3 rings (SSSR count). The van der Waals surface area contributed by atoms with Gasteiger partial charge in [-0.2, -0.15) is 0 Å². The first kappa shape index (κ1) is 22.7. The largest absolute Gasteiger partial charge is 0.444 e. The Kier molecular flexibility index (Phi) is 7.60. The SMILES string of the molecule is CCS(=O)c1ccccc1C(=O)OC(C(=O)Nc1ccc(C)c(Cl)c1)c1ccccc1. The number of carbonyl (C=O) groups is 2. The number of aryl methyl sites for hydroxylation is 1. The maximum atomic E-state index is 13.1. The molecule has 160 valence electrons. The highest BCUT2D eigenvalue weighted by atomic mass is 35.5. The van der Waals surface area contributed by atoms with Gasteiger partial charge in [-0.25, -0.2) is 4.79 Å². The monoisotopic (exact) mass is 455 g/mol. The Labute approximate surface area is 188 Å². The highest BCUT2D eigenvalue weighted by Crippen LogP contribution is 2.25. The van der Waals surface area contributed by atoms with Crippen molar-refractivity contribution in [3.63, 3.8) is 0 Å². The number of halogens is 1. The van der Waals surface area contributed by atoms with Crippen molar-refractivity contribution in [2.45, 2.75) is 24.8 Å². The Morgan fingerprint density at radius 1 is 1.03 bits per heavy atom. The summed E-state index contributed by atoms with van der Waals surface area (Å²) in [4.78, 5) is 26.4. The van der Waals surface area contributed by atoms with Crippen molar-refractivity contribution in [3.05, 3.63) is 94.5 Å². The molecule has 7 heteroatoms. The van der Waals surface area contributed by atoms with Gasteiger partial charge in [0.15, 0.2) is 0 Å². The van der Waals surface area contributed by atoms with Crippen LogP contribution in [-0.4, -0.2) is 21.8 Å². The minimum atomic E-state index is -1.34. The fourth-order valence-electron chi connectivity index (χ4n) is 2.94. The summed E-state index contributed by atoms with van der Waals surface area (Å²) < 4.78 is 18.0. The standard InChI is InChI=1S/C24H22ClNO4S/c1-3-31(29)21-12-8-7-11-19(21)24(28)30-22(17-9-5-4-6-10-17)23(27)26-18-14-13-16(2)20(25)15-18/h4-15,22H,3H2,1-2H3,(H,26,27). The number of benzene rings is 3. The number of hydrogen-bond donors (Lipinski definition) is 1. The molecule has 2 unspecified atom stereocenters. The van der Waals surface area contributed by atoms with Crippen LogP contribution in [0.15, 0.2) is 77.7 Å². The second-order valence-corrected chi connectivity index (χ2v) is 8.90. The number of esters is 1. The normalized spacial score (nSPS) is 12.6. The van der Waals surface area contributed by atoms with E-state index in [9.17, 15) is 13.8 Å². The zero-order valence-electron chi connectivity index (χ0n) is 17.1. The van der Waals surface area contributed by atoms with E-state index in [1.807, 2.05) is 6.92 Å². The summed E-state index contributed by atoms with van der Waals surface area (Å²) >= 11 is 6.15. The fraction of sp³-hybridized carbons (Fsp3) is 0.167. The van der Waals surface area contributed by atoms with Gasteiger partial charge in [-0.3, -0.25) is 9.00 Å². The lowest BCUT2D eigenvalue weighted by molar-refractivity contribution is -0.125. The molecule has 0 fully saturated rings. The van der Waals surface area contributed by atoms with E-state index in [0.717, 1.165) is 5.56 Å². The van der Waals surface area contributed by atoms with Crippen molar-refractivity contribution in [1.82, 2.24) is 0 Å². The topological polar surface area (TPSA) is 72.5 Å². The van der Waals surface area contributed by atoms with E-state index < -0.39 is 28.8 Å². The van der Waals surface area contributed by atoms with Crippen LogP contribution in [0.3, 0.4) is 0 Å². The van der Waals surface area contributed by atoms with Crippen LogP contribution >= 0.6 is 11.6 Å². The van der Waals surface area contributed by atoms with Crippen molar-refractivity contribution in [2.24, 2.45) is 0 Å². The third-order valence-electron chi connectivity index (χ3n) is 4.62. The first-order valence-electron chi connectivity index (χ1n) is 9.71. The highest BCUT2D eigenvalue weighted by molar-refractivity contribution is 7.85. The summed E-state index contributed by atoms with van der Waals surface area (Å²) in [6.45, 7) is 3.63. The average molecular weight is 456 g/mol. The first-order chi connectivity index (χ1) is 14.9. The van der Waals surface area contributed by atoms with Gasteiger partial charge in [-0.05, 0) is 36.8 Å². The number of carbonyl (C=O) groups excluding carboxylic acids is 2. The molecule has 0 spiro atoms. The lowest BCUT2D eigenvalue weighted by Gasteiger charge is -2.19. The van der Waals surface area contributed by atoms with Crippen LogP contribution in [0.4, 0.5) is 5.69 Å². The Hall–Kier alpha value is -2.96. The van der Waals surface area contributed by atoms with E-state index in [-0.39, 0.29) is 5.56 Å². The van der Waals surface area contributed by atoms with Crippen molar-refractivity contribution >= 4 is 40.0 Å². The Balaban J connectivity index is 1.90. The molecule has 1 amide bonds. The van der Waals surface area contributed by atoms with Crippen LogP contribution in [0, 0.1) is 6.92 Å². The third-order valence-corrected chi connectivity index (χ3v) is 6.40. The van der Waals surface area contributed by atoms with E-state index in [1.165, 1.54) is 0 Å². The molecule has 0 radical (unpaired) electrons. The van der Waals surface area contributed by atoms with Crippen LogP contribution in [0.25, 0.3) is 0 Å². The van der Waals surface area contributed by atoms with E-state index in [4.69, 9.17) is 16.3 Å². The molecule has 0 aliphatic heterocycles. The second kappa shape index (κ2) is 10.4. The van der Waals surface area contributed by atoms with E-state index in [0.29, 0.717) is 26.9 Å². The van der Waals surface area contributed by atoms with Gasteiger partial charge in [0.05, 0.1) is 21.3 Å². The summed E-state index contributed by atoms with van der Waals surface area (Å²) in [7, 11) is -1.34. The Morgan fingerprint density at radius 2 is 1.71 bits per heavy atom. The smallest absolute Gasteiger partial charge is 0.340 e. The van der Waals surface area contributed by atoms with Crippen molar-refractivity contribution in [3.8, 4) is 0 Å². The van der Waals surface area contributed by atoms with Crippen molar-refractivity contribution in [2.75, 3.05) is 11.1 Å². The molecule has 1 N–H and O–H groups in total. The summed E-state index contributed by atoms with van der Waals surface area (Å²) in [6.07, 6.45) is -1.20. The maximum absolute atomic E-state index is 13.1. The molecule has 0 aromatic heterocycles. The van der Waals surface area contributed by atoms with Gasteiger partial charge >= 0.3 is 5.97 Å². The number of anilines is 1. The van der Waals surface area contributed by atoms with Gasteiger partial charge in [0.2, 0.25) is 6.10 Å². The molecule has 3 aromatic carbocycles.